The van der Waals surface area contributed by atoms with Gasteiger partial charge in [-0.3, -0.25) is 4.79 Å². The Hall–Kier alpha value is -0.570. The zero-order valence-corrected chi connectivity index (χ0v) is 9.38. The molecule has 1 N–H and O–H groups in total. The number of esters is 1. The molecule has 14 heavy (non-hydrogen) atoms. The van der Waals surface area contributed by atoms with E-state index in [0.29, 0.717) is 12.5 Å². The summed E-state index contributed by atoms with van der Waals surface area (Å²) in [5.74, 6) is 0.798. The van der Waals surface area contributed by atoms with Gasteiger partial charge in [0.05, 0.1) is 13.5 Å². The standard InChI is InChI=1S/C11H21NO2/c1-8(6-10-4-5-10)12-9(2)7-11(13)14-3/h8-10,12H,4-7H2,1-3H3. The van der Waals surface area contributed by atoms with Gasteiger partial charge in [0.2, 0.25) is 0 Å². The van der Waals surface area contributed by atoms with Crippen LogP contribution in [0.15, 0.2) is 0 Å². The van der Waals surface area contributed by atoms with Crippen molar-refractivity contribution in [2.75, 3.05) is 7.11 Å². The topological polar surface area (TPSA) is 38.3 Å². The second kappa shape index (κ2) is 5.35. The number of hydrogen-bond acceptors (Lipinski definition) is 3. The first kappa shape index (κ1) is 11.5. The first-order valence-electron chi connectivity index (χ1n) is 5.44. The second-order valence-electron chi connectivity index (χ2n) is 4.43. The van der Waals surface area contributed by atoms with Gasteiger partial charge in [-0.2, -0.15) is 0 Å². The van der Waals surface area contributed by atoms with Crippen LogP contribution in [0, 0.1) is 5.92 Å². The molecule has 82 valence electrons. The highest BCUT2D eigenvalue weighted by atomic mass is 16.5. The lowest BCUT2D eigenvalue weighted by Crippen LogP contribution is -2.36. The van der Waals surface area contributed by atoms with Gasteiger partial charge >= 0.3 is 5.97 Å². The van der Waals surface area contributed by atoms with E-state index in [1.807, 2.05) is 6.92 Å². The van der Waals surface area contributed by atoms with E-state index in [0.717, 1.165) is 5.92 Å². The summed E-state index contributed by atoms with van der Waals surface area (Å²) in [5.41, 5.74) is 0. The van der Waals surface area contributed by atoms with Crippen LogP contribution in [-0.4, -0.2) is 25.2 Å². The van der Waals surface area contributed by atoms with E-state index in [2.05, 4.69) is 17.0 Å². The van der Waals surface area contributed by atoms with E-state index < -0.39 is 0 Å². The summed E-state index contributed by atoms with van der Waals surface area (Å²) in [6.45, 7) is 4.21. The second-order valence-corrected chi connectivity index (χ2v) is 4.43. The summed E-state index contributed by atoms with van der Waals surface area (Å²) in [6, 6.07) is 0.735. The van der Waals surface area contributed by atoms with Crippen LogP contribution in [0.2, 0.25) is 0 Å². The third-order valence-corrected chi connectivity index (χ3v) is 2.65. The number of hydrogen-bond donors (Lipinski definition) is 1. The molecule has 0 heterocycles. The minimum atomic E-state index is -0.136. The van der Waals surface area contributed by atoms with Crippen LogP contribution in [0.3, 0.4) is 0 Å². The maximum atomic E-state index is 11.0. The molecule has 1 rings (SSSR count). The van der Waals surface area contributed by atoms with Crippen LogP contribution in [-0.2, 0) is 9.53 Å². The van der Waals surface area contributed by atoms with E-state index in [1.165, 1.54) is 26.4 Å². The molecule has 1 aliphatic carbocycles. The minimum Gasteiger partial charge on any atom is -0.469 e. The van der Waals surface area contributed by atoms with Gasteiger partial charge in [-0.05, 0) is 26.2 Å². The van der Waals surface area contributed by atoms with Gasteiger partial charge < -0.3 is 10.1 Å². The molecule has 3 nitrogen and oxygen atoms in total. The van der Waals surface area contributed by atoms with Crippen molar-refractivity contribution in [3.8, 4) is 0 Å². The SMILES string of the molecule is COC(=O)CC(C)NC(C)CC1CC1. The minimum absolute atomic E-state index is 0.136. The predicted molar refractivity (Wildman–Crippen MR) is 56.0 cm³/mol. The lowest BCUT2D eigenvalue weighted by molar-refractivity contribution is -0.141. The Labute approximate surface area is 86.2 Å². The Bertz CT molecular complexity index is 190. The number of methoxy groups -OCH3 is 1. The summed E-state index contributed by atoms with van der Waals surface area (Å²) in [7, 11) is 1.43. The number of carbonyl (C=O) groups excluding carboxylic acids is 1. The Morgan fingerprint density at radius 2 is 2.07 bits per heavy atom. The van der Waals surface area contributed by atoms with Crippen LogP contribution < -0.4 is 5.32 Å². The van der Waals surface area contributed by atoms with E-state index in [1.54, 1.807) is 0 Å². The summed E-state index contributed by atoms with van der Waals surface area (Å²) in [4.78, 5) is 11.0. The quantitative estimate of drug-likeness (QED) is 0.662. The van der Waals surface area contributed by atoms with E-state index in [9.17, 15) is 4.79 Å². The van der Waals surface area contributed by atoms with Gasteiger partial charge in [0.1, 0.15) is 0 Å². The van der Waals surface area contributed by atoms with Crippen molar-refractivity contribution in [1.82, 2.24) is 5.32 Å². The molecule has 3 heteroatoms. The van der Waals surface area contributed by atoms with Crippen LogP contribution in [0.5, 0.6) is 0 Å². The van der Waals surface area contributed by atoms with Gasteiger partial charge in [-0.1, -0.05) is 12.8 Å². The van der Waals surface area contributed by atoms with Crippen molar-refractivity contribution < 1.29 is 9.53 Å². The average Bonchev–Trinajstić information content (AvgIpc) is 2.87. The Kier molecular flexibility index (Phi) is 4.39. The lowest BCUT2D eigenvalue weighted by Gasteiger charge is -2.18. The highest BCUT2D eigenvalue weighted by Gasteiger charge is 2.24. The Balaban J connectivity index is 2.10. The zero-order valence-electron chi connectivity index (χ0n) is 9.38. The Morgan fingerprint density at radius 1 is 1.43 bits per heavy atom. The molecule has 0 saturated heterocycles. The smallest absolute Gasteiger partial charge is 0.307 e. The molecule has 0 amide bonds. The first-order valence-corrected chi connectivity index (χ1v) is 5.44. The molecule has 1 aliphatic rings. The van der Waals surface area contributed by atoms with Crippen molar-refractivity contribution in [2.45, 2.75) is 51.6 Å². The van der Waals surface area contributed by atoms with Crippen LogP contribution in [0.1, 0.15) is 39.5 Å². The zero-order chi connectivity index (χ0) is 10.6. The molecular weight excluding hydrogens is 178 g/mol. The maximum Gasteiger partial charge on any atom is 0.307 e. The molecule has 2 atom stereocenters. The lowest BCUT2D eigenvalue weighted by atomic mass is 10.1. The van der Waals surface area contributed by atoms with Gasteiger partial charge in [0, 0.05) is 12.1 Å². The summed E-state index contributed by atoms with van der Waals surface area (Å²) in [6.07, 6.45) is 4.48. The predicted octanol–water partition coefficient (Wildman–Crippen LogP) is 1.72. The highest BCUT2D eigenvalue weighted by Crippen LogP contribution is 2.33. The van der Waals surface area contributed by atoms with Gasteiger partial charge in [-0.15, -0.1) is 0 Å². The van der Waals surface area contributed by atoms with Crippen LogP contribution in [0.4, 0.5) is 0 Å². The van der Waals surface area contributed by atoms with Crippen molar-refractivity contribution >= 4 is 5.97 Å². The number of ether oxygens (including phenoxy) is 1. The van der Waals surface area contributed by atoms with Crippen molar-refractivity contribution in [3.63, 3.8) is 0 Å². The monoisotopic (exact) mass is 199 g/mol. The van der Waals surface area contributed by atoms with Crippen LogP contribution >= 0.6 is 0 Å². The number of nitrogens with one attached hydrogen (secondary N) is 1. The summed E-state index contributed by atoms with van der Waals surface area (Å²) < 4.78 is 4.62. The molecule has 0 radical (unpaired) electrons. The van der Waals surface area contributed by atoms with Gasteiger partial charge in [0.15, 0.2) is 0 Å². The molecule has 0 aromatic rings. The number of rotatable bonds is 6. The van der Waals surface area contributed by atoms with E-state index in [-0.39, 0.29) is 12.0 Å². The summed E-state index contributed by atoms with van der Waals surface area (Å²) >= 11 is 0. The average molecular weight is 199 g/mol. The van der Waals surface area contributed by atoms with Crippen molar-refractivity contribution in [3.05, 3.63) is 0 Å². The number of carbonyl (C=O) groups is 1. The molecule has 0 spiro atoms. The van der Waals surface area contributed by atoms with E-state index >= 15 is 0 Å². The van der Waals surface area contributed by atoms with Gasteiger partial charge in [-0.25, -0.2) is 0 Å². The fourth-order valence-electron chi connectivity index (χ4n) is 1.80. The van der Waals surface area contributed by atoms with Gasteiger partial charge in [0.25, 0.3) is 0 Å². The normalized spacial score (nSPS) is 20.2. The first-order chi connectivity index (χ1) is 6.61. The largest absolute Gasteiger partial charge is 0.469 e. The van der Waals surface area contributed by atoms with Crippen molar-refractivity contribution in [2.24, 2.45) is 5.92 Å². The Morgan fingerprint density at radius 3 is 2.57 bits per heavy atom. The van der Waals surface area contributed by atoms with E-state index in [4.69, 9.17) is 0 Å². The fourth-order valence-corrected chi connectivity index (χ4v) is 1.80. The molecule has 0 bridgehead atoms. The molecule has 0 aromatic heterocycles. The maximum absolute atomic E-state index is 11.0. The third-order valence-electron chi connectivity index (χ3n) is 2.65. The molecule has 1 fully saturated rings. The summed E-state index contributed by atoms with van der Waals surface area (Å²) in [5, 5.41) is 3.42. The molecule has 0 aliphatic heterocycles. The fraction of sp³-hybridized carbons (Fsp3) is 0.909. The highest BCUT2D eigenvalue weighted by molar-refractivity contribution is 5.69. The molecule has 2 unspecified atom stereocenters. The van der Waals surface area contributed by atoms with Crippen molar-refractivity contribution in [1.29, 1.82) is 0 Å². The molecule has 0 aromatic carbocycles. The molecular formula is C11H21NO2. The van der Waals surface area contributed by atoms with Crippen LogP contribution in [0.25, 0.3) is 0 Å². The third kappa shape index (κ3) is 4.61. The molecule has 1 saturated carbocycles.